The van der Waals surface area contributed by atoms with E-state index in [9.17, 15) is 13.2 Å². The lowest BCUT2D eigenvalue weighted by molar-refractivity contribution is -0.134. The van der Waals surface area contributed by atoms with Gasteiger partial charge in [-0.15, -0.1) is 0 Å². The minimum Gasteiger partial charge on any atom is -0.480 e. The molecule has 0 aromatic carbocycles. The van der Waals surface area contributed by atoms with Gasteiger partial charge in [-0.2, -0.15) is 0 Å². The van der Waals surface area contributed by atoms with E-state index < -0.39 is 27.8 Å². The van der Waals surface area contributed by atoms with Crippen molar-refractivity contribution in [3.63, 3.8) is 0 Å². The first-order valence-electron chi connectivity index (χ1n) is 3.20. The Morgan fingerprint density at radius 1 is 1.58 bits per heavy atom. The molecule has 0 aliphatic heterocycles. The van der Waals surface area contributed by atoms with Crippen molar-refractivity contribution >= 4 is 16.0 Å². The number of hydrogen-bond acceptors (Lipinski definition) is 4. The Balaban J connectivity index is 3.98. The summed E-state index contributed by atoms with van der Waals surface area (Å²) in [6.45, 7) is 1.22. The molecule has 6 nitrogen and oxygen atoms in total. The van der Waals surface area contributed by atoms with E-state index in [1.165, 1.54) is 6.92 Å². The Hall–Kier alpha value is -0.660. The monoisotopic (exact) mass is 197 g/mol. The molecule has 3 N–H and O–H groups in total. The van der Waals surface area contributed by atoms with Gasteiger partial charge in [-0.3, -0.25) is 4.79 Å². The van der Waals surface area contributed by atoms with Gasteiger partial charge in [0.25, 0.3) is 0 Å². The van der Waals surface area contributed by atoms with Crippen LogP contribution in [0.15, 0.2) is 0 Å². The average Bonchev–Trinajstić information content (AvgIpc) is 1.81. The molecule has 0 fully saturated rings. The molecule has 0 saturated carbocycles. The van der Waals surface area contributed by atoms with E-state index in [2.05, 4.69) is 0 Å². The zero-order chi connectivity index (χ0) is 9.78. The number of aliphatic hydroxyl groups excluding tert-OH is 1. The van der Waals surface area contributed by atoms with Crippen LogP contribution in [0.25, 0.3) is 0 Å². The summed E-state index contributed by atoms with van der Waals surface area (Å²) in [5, 5.41) is 16.8. The van der Waals surface area contributed by atoms with Gasteiger partial charge < -0.3 is 10.2 Å². The molecule has 0 aromatic heterocycles. The van der Waals surface area contributed by atoms with Crippen LogP contribution in [0.1, 0.15) is 6.92 Å². The number of carbonyl (C=O) groups is 1. The van der Waals surface area contributed by atoms with Gasteiger partial charge in [-0.1, -0.05) is 0 Å². The molecule has 7 heteroatoms. The second-order valence-electron chi connectivity index (χ2n) is 2.35. The molecule has 12 heavy (non-hydrogen) atoms. The van der Waals surface area contributed by atoms with Crippen LogP contribution in [0.2, 0.25) is 0 Å². The molecule has 0 rings (SSSR count). The van der Waals surface area contributed by atoms with Crippen LogP contribution in [0, 0.1) is 0 Å². The predicted octanol–water partition coefficient (Wildman–Crippen LogP) is -1.63. The third-order valence-corrected chi connectivity index (χ3v) is 2.15. The normalized spacial score (nSPS) is 14.2. The first-order valence-corrected chi connectivity index (χ1v) is 4.86. The number of carboxylic acids is 1. The van der Waals surface area contributed by atoms with Crippen molar-refractivity contribution in [1.82, 2.24) is 4.72 Å². The van der Waals surface area contributed by atoms with Crippen molar-refractivity contribution in [2.45, 2.75) is 13.0 Å². The van der Waals surface area contributed by atoms with Crippen LogP contribution in [0.5, 0.6) is 0 Å². The maximum Gasteiger partial charge on any atom is 0.320 e. The summed E-state index contributed by atoms with van der Waals surface area (Å²) < 4.78 is 23.4. The number of aliphatic carboxylic acids is 1. The Morgan fingerprint density at radius 3 is 2.42 bits per heavy atom. The largest absolute Gasteiger partial charge is 0.480 e. The smallest absolute Gasteiger partial charge is 0.320 e. The Labute approximate surface area is 70.3 Å². The van der Waals surface area contributed by atoms with E-state index in [4.69, 9.17) is 10.2 Å². The third-order valence-electron chi connectivity index (χ3n) is 0.912. The minimum absolute atomic E-state index is 0.171. The fourth-order valence-electron chi connectivity index (χ4n) is 0.461. The summed E-state index contributed by atoms with van der Waals surface area (Å²) in [6, 6.07) is 0. The van der Waals surface area contributed by atoms with Gasteiger partial charge in [0.05, 0.1) is 6.10 Å². The van der Waals surface area contributed by atoms with Crippen molar-refractivity contribution < 1.29 is 23.4 Å². The fraction of sp³-hybridized carbons (Fsp3) is 0.800. The molecule has 0 spiro atoms. The van der Waals surface area contributed by atoms with Gasteiger partial charge in [-0.05, 0) is 6.92 Å². The van der Waals surface area contributed by atoms with Crippen molar-refractivity contribution in [1.29, 1.82) is 0 Å². The maximum absolute atomic E-state index is 10.7. The fourth-order valence-corrected chi connectivity index (χ4v) is 1.38. The van der Waals surface area contributed by atoms with E-state index in [1.54, 1.807) is 0 Å². The van der Waals surface area contributed by atoms with E-state index >= 15 is 0 Å². The standard InChI is InChI=1S/C5H11NO5S/c1-4(7)2-6-12(10,11)3-5(8)9/h4,6-7H,2-3H2,1H3,(H,8,9)/t4-/m1/s1. The molecule has 72 valence electrons. The predicted molar refractivity (Wildman–Crippen MR) is 41.1 cm³/mol. The Kier molecular flexibility index (Phi) is 4.15. The number of rotatable bonds is 5. The lowest BCUT2D eigenvalue weighted by Gasteiger charge is -2.05. The van der Waals surface area contributed by atoms with Crippen LogP contribution in [0.3, 0.4) is 0 Å². The first kappa shape index (κ1) is 11.3. The van der Waals surface area contributed by atoms with E-state index in [-0.39, 0.29) is 6.54 Å². The van der Waals surface area contributed by atoms with Gasteiger partial charge in [0.1, 0.15) is 0 Å². The highest BCUT2D eigenvalue weighted by atomic mass is 32.2. The average molecular weight is 197 g/mol. The van der Waals surface area contributed by atoms with E-state index in [1.807, 2.05) is 4.72 Å². The lowest BCUT2D eigenvalue weighted by Crippen LogP contribution is -2.34. The molecule has 0 unspecified atom stereocenters. The maximum atomic E-state index is 10.7. The number of aliphatic hydroxyl groups is 1. The molecular formula is C5H11NO5S. The van der Waals surface area contributed by atoms with E-state index in [0.29, 0.717) is 0 Å². The second kappa shape index (κ2) is 4.39. The SMILES string of the molecule is C[C@@H](O)CNS(=O)(=O)CC(=O)O. The zero-order valence-corrected chi connectivity index (χ0v) is 7.34. The molecule has 0 aliphatic carbocycles. The van der Waals surface area contributed by atoms with Crippen molar-refractivity contribution in [3.8, 4) is 0 Å². The van der Waals surface area contributed by atoms with Crippen molar-refractivity contribution in [2.75, 3.05) is 12.3 Å². The van der Waals surface area contributed by atoms with Gasteiger partial charge in [-0.25, -0.2) is 13.1 Å². The minimum atomic E-state index is -3.79. The Bertz CT molecular complexity index is 245. The lowest BCUT2D eigenvalue weighted by atomic mass is 10.4. The summed E-state index contributed by atoms with van der Waals surface area (Å²) in [5.41, 5.74) is 0. The molecule has 0 radical (unpaired) electrons. The van der Waals surface area contributed by atoms with Gasteiger partial charge in [0.2, 0.25) is 10.0 Å². The van der Waals surface area contributed by atoms with Crippen LogP contribution >= 0.6 is 0 Å². The molecule has 1 atom stereocenters. The van der Waals surface area contributed by atoms with Gasteiger partial charge >= 0.3 is 5.97 Å². The molecule has 0 heterocycles. The molecule has 0 aliphatic rings. The number of hydrogen-bond donors (Lipinski definition) is 3. The highest BCUT2D eigenvalue weighted by Gasteiger charge is 2.15. The second-order valence-corrected chi connectivity index (χ2v) is 4.16. The van der Waals surface area contributed by atoms with Gasteiger partial charge in [0.15, 0.2) is 5.75 Å². The molecular weight excluding hydrogens is 186 g/mol. The zero-order valence-electron chi connectivity index (χ0n) is 6.52. The van der Waals surface area contributed by atoms with Crippen molar-refractivity contribution in [2.24, 2.45) is 0 Å². The third kappa shape index (κ3) is 6.08. The van der Waals surface area contributed by atoms with Crippen LogP contribution in [0.4, 0.5) is 0 Å². The van der Waals surface area contributed by atoms with E-state index in [0.717, 1.165) is 0 Å². The highest BCUT2D eigenvalue weighted by molar-refractivity contribution is 7.90. The summed E-state index contributed by atoms with van der Waals surface area (Å²) in [6.07, 6.45) is -0.825. The Morgan fingerprint density at radius 2 is 2.08 bits per heavy atom. The van der Waals surface area contributed by atoms with Gasteiger partial charge in [0, 0.05) is 6.54 Å². The summed E-state index contributed by atoms with van der Waals surface area (Å²) >= 11 is 0. The topological polar surface area (TPSA) is 104 Å². The summed E-state index contributed by atoms with van der Waals surface area (Å²) in [5.74, 6) is -2.40. The number of nitrogens with one attached hydrogen (secondary N) is 1. The highest BCUT2D eigenvalue weighted by Crippen LogP contribution is 1.85. The first-order chi connectivity index (χ1) is 5.33. The molecule has 0 aromatic rings. The van der Waals surface area contributed by atoms with Crippen molar-refractivity contribution in [3.05, 3.63) is 0 Å². The summed E-state index contributed by atoms with van der Waals surface area (Å²) in [4.78, 5) is 9.98. The quantitative estimate of drug-likeness (QED) is 0.491. The molecule has 0 amide bonds. The number of sulfonamides is 1. The molecule has 0 bridgehead atoms. The summed E-state index contributed by atoms with van der Waals surface area (Å²) in [7, 11) is -3.79. The van der Waals surface area contributed by atoms with Crippen LogP contribution < -0.4 is 4.72 Å². The van der Waals surface area contributed by atoms with Crippen LogP contribution in [-0.4, -0.2) is 43.0 Å². The molecule has 0 saturated heterocycles. The number of carboxylic acid groups (broad SMARTS) is 1. The van der Waals surface area contributed by atoms with Crippen LogP contribution in [-0.2, 0) is 14.8 Å².